The van der Waals surface area contributed by atoms with Gasteiger partial charge < -0.3 is 14.8 Å². The lowest BCUT2D eigenvalue weighted by molar-refractivity contribution is 0.250. The molecule has 1 rings (SSSR count). The van der Waals surface area contributed by atoms with E-state index in [1.165, 1.54) is 12.1 Å². The molecule has 0 amide bonds. The van der Waals surface area contributed by atoms with E-state index in [0.717, 1.165) is 0 Å². The van der Waals surface area contributed by atoms with Crippen molar-refractivity contribution in [1.82, 2.24) is 0 Å². The van der Waals surface area contributed by atoms with Crippen molar-refractivity contribution < 1.29 is 19.0 Å². The molecule has 2 unspecified atom stereocenters. The molecular formula is C8H10O4S. The predicted octanol–water partition coefficient (Wildman–Crippen LogP) is 0.392. The van der Waals surface area contributed by atoms with Crippen LogP contribution in [-0.4, -0.2) is 19.0 Å². The number of rotatable bonds is 3. The fourth-order valence-electron chi connectivity index (χ4n) is 0.961. The summed E-state index contributed by atoms with van der Waals surface area (Å²) in [5, 5.41) is 17.9. The van der Waals surface area contributed by atoms with Crippen molar-refractivity contribution in [1.29, 1.82) is 0 Å². The average Bonchev–Trinajstić information content (AvgIpc) is 2.16. The summed E-state index contributed by atoms with van der Waals surface area (Å²) in [6.07, 6.45) is 0. The molecule has 0 heterocycles. The lowest BCUT2D eigenvalue weighted by atomic mass is 10.1. The number of aliphatic hydroxyl groups excluding tert-OH is 2. The standard InChI is InChI=1S/C8H10O4S/c9-5-6-2-1-3-7(4-6)8(10)13(11)12/h1-4,8-10H,5H2,(H,11,12). The minimum atomic E-state index is -2.30. The maximum absolute atomic E-state index is 10.5. The Morgan fingerprint density at radius 2 is 2.15 bits per heavy atom. The van der Waals surface area contributed by atoms with Gasteiger partial charge in [-0.05, 0) is 17.2 Å². The Hall–Kier alpha value is -0.750. The summed E-state index contributed by atoms with van der Waals surface area (Å²) >= 11 is -2.30. The van der Waals surface area contributed by atoms with Gasteiger partial charge in [0, 0.05) is 0 Å². The van der Waals surface area contributed by atoms with E-state index in [2.05, 4.69) is 0 Å². The number of benzene rings is 1. The predicted molar refractivity (Wildman–Crippen MR) is 48.1 cm³/mol. The van der Waals surface area contributed by atoms with Crippen LogP contribution in [0.1, 0.15) is 16.6 Å². The lowest BCUT2D eigenvalue weighted by Gasteiger charge is -2.06. The first kappa shape index (κ1) is 10.3. The van der Waals surface area contributed by atoms with Crippen LogP contribution in [0.5, 0.6) is 0 Å². The molecule has 2 atom stereocenters. The molecule has 0 bridgehead atoms. The van der Waals surface area contributed by atoms with Gasteiger partial charge in [-0.3, -0.25) is 0 Å². The number of hydrogen-bond acceptors (Lipinski definition) is 3. The SMILES string of the molecule is O=S(O)C(O)c1cccc(CO)c1. The third-order valence-electron chi connectivity index (χ3n) is 1.61. The van der Waals surface area contributed by atoms with Gasteiger partial charge in [0.1, 0.15) is 0 Å². The molecule has 0 aliphatic rings. The minimum Gasteiger partial charge on any atom is -0.392 e. The third-order valence-corrected chi connectivity index (χ3v) is 2.26. The van der Waals surface area contributed by atoms with Gasteiger partial charge in [0.2, 0.25) is 0 Å². The molecule has 72 valence electrons. The normalized spacial score (nSPS) is 15.3. The summed E-state index contributed by atoms with van der Waals surface area (Å²) in [6.45, 7) is -0.154. The molecule has 0 saturated carbocycles. The maximum atomic E-state index is 10.5. The Bertz CT molecular complexity index is 313. The van der Waals surface area contributed by atoms with Crippen molar-refractivity contribution in [3.63, 3.8) is 0 Å². The number of aliphatic hydroxyl groups is 2. The molecule has 0 aliphatic heterocycles. The van der Waals surface area contributed by atoms with E-state index in [4.69, 9.17) is 9.66 Å². The average molecular weight is 202 g/mol. The Morgan fingerprint density at radius 1 is 1.46 bits per heavy atom. The zero-order valence-corrected chi connectivity index (χ0v) is 7.57. The molecule has 0 aromatic heterocycles. The highest BCUT2D eigenvalue weighted by molar-refractivity contribution is 7.79. The van der Waals surface area contributed by atoms with E-state index in [1.54, 1.807) is 12.1 Å². The zero-order valence-electron chi connectivity index (χ0n) is 6.75. The van der Waals surface area contributed by atoms with Crippen LogP contribution in [0.2, 0.25) is 0 Å². The Kier molecular flexibility index (Phi) is 3.56. The maximum Gasteiger partial charge on any atom is 0.187 e. The van der Waals surface area contributed by atoms with E-state index in [1.807, 2.05) is 0 Å². The molecule has 1 aromatic rings. The molecular weight excluding hydrogens is 192 g/mol. The van der Waals surface area contributed by atoms with Crippen molar-refractivity contribution in [2.45, 2.75) is 12.0 Å². The molecule has 5 heteroatoms. The van der Waals surface area contributed by atoms with Gasteiger partial charge >= 0.3 is 0 Å². The van der Waals surface area contributed by atoms with Gasteiger partial charge in [0.25, 0.3) is 0 Å². The highest BCUT2D eigenvalue weighted by Crippen LogP contribution is 2.16. The quantitative estimate of drug-likeness (QED) is 0.620. The summed E-state index contributed by atoms with van der Waals surface area (Å²) in [6, 6.07) is 6.28. The summed E-state index contributed by atoms with van der Waals surface area (Å²) in [5.74, 6) is 0. The molecule has 0 radical (unpaired) electrons. The minimum absolute atomic E-state index is 0.154. The van der Waals surface area contributed by atoms with Gasteiger partial charge in [-0.1, -0.05) is 18.2 Å². The largest absolute Gasteiger partial charge is 0.392 e. The first-order valence-corrected chi connectivity index (χ1v) is 4.79. The van der Waals surface area contributed by atoms with Crippen LogP contribution < -0.4 is 0 Å². The van der Waals surface area contributed by atoms with Crippen LogP contribution in [0.4, 0.5) is 0 Å². The smallest absolute Gasteiger partial charge is 0.187 e. The molecule has 0 spiro atoms. The Balaban J connectivity index is 2.94. The third kappa shape index (κ3) is 2.60. The van der Waals surface area contributed by atoms with Crippen molar-refractivity contribution in [3.8, 4) is 0 Å². The van der Waals surface area contributed by atoms with E-state index in [9.17, 15) is 9.32 Å². The first-order chi connectivity index (χ1) is 6.15. The lowest BCUT2D eigenvalue weighted by Crippen LogP contribution is -2.04. The van der Waals surface area contributed by atoms with Gasteiger partial charge in [-0.25, -0.2) is 4.21 Å². The summed E-state index contributed by atoms with van der Waals surface area (Å²) in [7, 11) is 0. The Morgan fingerprint density at radius 3 is 2.69 bits per heavy atom. The van der Waals surface area contributed by atoms with Gasteiger partial charge in [0.15, 0.2) is 16.5 Å². The number of hydrogen-bond donors (Lipinski definition) is 3. The molecule has 3 N–H and O–H groups in total. The molecule has 1 aromatic carbocycles. The second-order valence-electron chi connectivity index (χ2n) is 2.53. The molecule has 0 saturated heterocycles. The zero-order chi connectivity index (χ0) is 9.84. The van der Waals surface area contributed by atoms with Crippen LogP contribution in [0.25, 0.3) is 0 Å². The summed E-state index contributed by atoms with van der Waals surface area (Å²) < 4.78 is 19.1. The van der Waals surface area contributed by atoms with Gasteiger partial charge in [0.05, 0.1) is 6.61 Å². The fraction of sp³-hybridized carbons (Fsp3) is 0.250. The van der Waals surface area contributed by atoms with Gasteiger partial charge in [-0.2, -0.15) is 0 Å². The van der Waals surface area contributed by atoms with E-state index in [-0.39, 0.29) is 6.61 Å². The topological polar surface area (TPSA) is 77.8 Å². The Labute approximate surface area is 78.1 Å². The molecule has 13 heavy (non-hydrogen) atoms. The van der Waals surface area contributed by atoms with E-state index in [0.29, 0.717) is 11.1 Å². The molecule has 4 nitrogen and oxygen atoms in total. The van der Waals surface area contributed by atoms with E-state index < -0.39 is 16.5 Å². The second kappa shape index (κ2) is 4.48. The highest BCUT2D eigenvalue weighted by Gasteiger charge is 2.13. The van der Waals surface area contributed by atoms with Crippen molar-refractivity contribution in [2.75, 3.05) is 0 Å². The fourth-order valence-corrected chi connectivity index (χ4v) is 1.34. The van der Waals surface area contributed by atoms with Crippen molar-refractivity contribution in [3.05, 3.63) is 35.4 Å². The van der Waals surface area contributed by atoms with Crippen LogP contribution in [-0.2, 0) is 17.7 Å². The molecule has 0 aliphatic carbocycles. The van der Waals surface area contributed by atoms with Crippen LogP contribution in [0, 0.1) is 0 Å². The summed E-state index contributed by atoms with van der Waals surface area (Å²) in [5.41, 5.74) is -0.485. The summed E-state index contributed by atoms with van der Waals surface area (Å²) in [4.78, 5) is 0. The van der Waals surface area contributed by atoms with Crippen LogP contribution >= 0.6 is 0 Å². The van der Waals surface area contributed by atoms with Gasteiger partial charge in [-0.15, -0.1) is 0 Å². The van der Waals surface area contributed by atoms with Crippen molar-refractivity contribution in [2.24, 2.45) is 0 Å². The van der Waals surface area contributed by atoms with Crippen LogP contribution in [0.3, 0.4) is 0 Å². The monoisotopic (exact) mass is 202 g/mol. The second-order valence-corrected chi connectivity index (χ2v) is 3.53. The molecule has 0 fully saturated rings. The van der Waals surface area contributed by atoms with E-state index >= 15 is 0 Å². The first-order valence-electron chi connectivity index (χ1n) is 3.62. The van der Waals surface area contributed by atoms with Crippen molar-refractivity contribution >= 4 is 11.1 Å². The van der Waals surface area contributed by atoms with Crippen LogP contribution in [0.15, 0.2) is 24.3 Å². The highest BCUT2D eigenvalue weighted by atomic mass is 32.2.